The SMILES string of the molecule is O=C1CSC(=O)N1C[C@H](O)CCl. The summed E-state index contributed by atoms with van der Waals surface area (Å²) >= 11 is 6.27. The fraction of sp³-hybridized carbons (Fsp3) is 0.667. The van der Waals surface area contributed by atoms with Gasteiger partial charge in [0.15, 0.2) is 0 Å². The van der Waals surface area contributed by atoms with E-state index in [-0.39, 0.29) is 29.3 Å². The highest BCUT2D eigenvalue weighted by atomic mass is 35.5. The molecule has 0 aromatic carbocycles. The second-order valence-electron chi connectivity index (χ2n) is 2.37. The van der Waals surface area contributed by atoms with Gasteiger partial charge in [-0.1, -0.05) is 11.8 Å². The van der Waals surface area contributed by atoms with Crippen LogP contribution in [0.2, 0.25) is 0 Å². The Kier molecular flexibility index (Phi) is 3.37. The standard InChI is InChI=1S/C6H8ClNO3S/c7-1-4(9)2-8-5(10)3-12-6(8)11/h4,9H,1-3H2/t4-/m1/s1. The van der Waals surface area contributed by atoms with Crippen LogP contribution in [0, 0.1) is 0 Å². The van der Waals surface area contributed by atoms with Crippen LogP contribution >= 0.6 is 23.4 Å². The molecule has 12 heavy (non-hydrogen) atoms. The van der Waals surface area contributed by atoms with Gasteiger partial charge in [-0.3, -0.25) is 14.5 Å². The third kappa shape index (κ3) is 2.12. The van der Waals surface area contributed by atoms with Crippen molar-refractivity contribution in [2.45, 2.75) is 6.10 Å². The van der Waals surface area contributed by atoms with Gasteiger partial charge in [-0.05, 0) is 0 Å². The second kappa shape index (κ2) is 4.11. The molecule has 0 saturated carbocycles. The van der Waals surface area contributed by atoms with E-state index in [2.05, 4.69) is 0 Å². The Morgan fingerprint density at radius 1 is 1.67 bits per heavy atom. The molecule has 68 valence electrons. The number of nitrogens with zero attached hydrogens (tertiary/aromatic N) is 1. The van der Waals surface area contributed by atoms with E-state index in [9.17, 15) is 9.59 Å². The van der Waals surface area contributed by atoms with Gasteiger partial charge in [0.05, 0.1) is 24.3 Å². The fourth-order valence-electron chi connectivity index (χ4n) is 0.817. The number of carbonyl (C=O) groups is 2. The molecule has 0 radical (unpaired) electrons. The number of aliphatic hydroxyl groups is 1. The molecule has 2 amide bonds. The van der Waals surface area contributed by atoms with Crippen LogP contribution < -0.4 is 0 Å². The Morgan fingerprint density at radius 3 is 2.75 bits per heavy atom. The molecule has 1 heterocycles. The maximum absolute atomic E-state index is 11.0. The van der Waals surface area contributed by atoms with Crippen molar-refractivity contribution >= 4 is 34.5 Å². The number of imide groups is 1. The van der Waals surface area contributed by atoms with E-state index in [1.807, 2.05) is 0 Å². The van der Waals surface area contributed by atoms with Crippen molar-refractivity contribution in [1.29, 1.82) is 0 Å². The van der Waals surface area contributed by atoms with Crippen LogP contribution in [0.1, 0.15) is 0 Å². The van der Waals surface area contributed by atoms with E-state index < -0.39 is 6.10 Å². The molecule has 0 spiro atoms. The summed E-state index contributed by atoms with van der Waals surface area (Å²) in [5.74, 6) is -0.0515. The maximum Gasteiger partial charge on any atom is 0.288 e. The second-order valence-corrected chi connectivity index (χ2v) is 3.60. The van der Waals surface area contributed by atoms with E-state index in [1.54, 1.807) is 0 Å². The number of carbonyl (C=O) groups excluding carboxylic acids is 2. The average Bonchev–Trinajstić information content (AvgIpc) is 2.35. The molecule has 1 atom stereocenters. The summed E-state index contributed by atoms with van der Waals surface area (Å²) in [6.45, 7) is 0.00810. The van der Waals surface area contributed by atoms with Crippen molar-refractivity contribution in [2.75, 3.05) is 18.2 Å². The average molecular weight is 210 g/mol. The summed E-state index contributed by atoms with van der Waals surface area (Å²) in [4.78, 5) is 22.9. The number of rotatable bonds is 3. The Bertz CT molecular complexity index is 195. The predicted molar refractivity (Wildman–Crippen MR) is 46.3 cm³/mol. The van der Waals surface area contributed by atoms with Crippen molar-refractivity contribution in [2.24, 2.45) is 0 Å². The lowest BCUT2D eigenvalue weighted by Crippen LogP contribution is -2.36. The lowest BCUT2D eigenvalue weighted by Gasteiger charge is -2.15. The molecule has 0 aliphatic carbocycles. The largest absolute Gasteiger partial charge is 0.390 e. The van der Waals surface area contributed by atoms with Crippen molar-refractivity contribution in [3.8, 4) is 0 Å². The van der Waals surface area contributed by atoms with Gasteiger partial charge in [0.2, 0.25) is 5.91 Å². The van der Waals surface area contributed by atoms with Gasteiger partial charge in [-0.15, -0.1) is 11.6 Å². The zero-order chi connectivity index (χ0) is 9.14. The number of hydrogen-bond donors (Lipinski definition) is 1. The van der Waals surface area contributed by atoms with E-state index in [0.717, 1.165) is 16.7 Å². The molecule has 1 fully saturated rings. The summed E-state index contributed by atoms with van der Waals surface area (Å²) in [6.07, 6.45) is -0.821. The van der Waals surface area contributed by atoms with Crippen LogP contribution in [0.3, 0.4) is 0 Å². The highest BCUT2D eigenvalue weighted by molar-refractivity contribution is 8.14. The number of β-amino-alcohol motifs (C(OH)–C–C–N with tert-alkyl or cyclic N) is 1. The molecule has 1 aliphatic rings. The molecule has 1 N–H and O–H groups in total. The van der Waals surface area contributed by atoms with Gasteiger partial charge in [-0.25, -0.2) is 0 Å². The molecule has 6 heteroatoms. The predicted octanol–water partition coefficient (Wildman–Crippen LogP) is 0.282. The van der Waals surface area contributed by atoms with E-state index in [1.165, 1.54) is 0 Å². The Labute approximate surface area is 78.9 Å². The molecule has 4 nitrogen and oxygen atoms in total. The molecule has 0 unspecified atom stereocenters. The van der Waals surface area contributed by atoms with Gasteiger partial charge < -0.3 is 5.11 Å². The summed E-state index contributed by atoms with van der Waals surface area (Å²) in [5, 5.41) is 8.76. The molecule has 0 bridgehead atoms. The molecular formula is C6H8ClNO3S. The van der Waals surface area contributed by atoms with E-state index >= 15 is 0 Å². The number of alkyl halides is 1. The number of amides is 2. The van der Waals surface area contributed by atoms with Crippen molar-refractivity contribution in [3.63, 3.8) is 0 Å². The van der Waals surface area contributed by atoms with Crippen molar-refractivity contribution < 1.29 is 14.7 Å². The van der Waals surface area contributed by atoms with Gasteiger partial charge in [0, 0.05) is 0 Å². The molecule has 1 rings (SSSR count). The first-order valence-corrected chi connectivity index (χ1v) is 4.88. The first-order chi connectivity index (χ1) is 5.65. The zero-order valence-corrected chi connectivity index (χ0v) is 7.77. The summed E-state index contributed by atoms with van der Waals surface area (Å²) in [6, 6.07) is 0. The van der Waals surface area contributed by atoms with Crippen LogP contribution in [-0.4, -0.2) is 45.4 Å². The van der Waals surface area contributed by atoms with Crippen LogP contribution in [-0.2, 0) is 4.79 Å². The van der Waals surface area contributed by atoms with Crippen molar-refractivity contribution in [1.82, 2.24) is 4.90 Å². The zero-order valence-electron chi connectivity index (χ0n) is 6.20. The third-order valence-electron chi connectivity index (χ3n) is 1.41. The monoisotopic (exact) mass is 209 g/mol. The molecule has 0 aromatic rings. The summed E-state index contributed by atoms with van der Waals surface area (Å²) < 4.78 is 0. The molecule has 1 saturated heterocycles. The molecule has 1 aliphatic heterocycles. The lowest BCUT2D eigenvalue weighted by atomic mass is 10.4. The Hall–Kier alpha value is -0.260. The van der Waals surface area contributed by atoms with Crippen LogP contribution in [0.4, 0.5) is 4.79 Å². The number of halogens is 1. The molecular weight excluding hydrogens is 202 g/mol. The maximum atomic E-state index is 11.0. The van der Waals surface area contributed by atoms with Gasteiger partial charge in [0.1, 0.15) is 0 Å². The minimum atomic E-state index is -0.821. The van der Waals surface area contributed by atoms with E-state index in [0.29, 0.717) is 0 Å². The molecule has 0 aromatic heterocycles. The number of hydrogen-bond acceptors (Lipinski definition) is 4. The first kappa shape index (κ1) is 9.83. The van der Waals surface area contributed by atoms with Crippen molar-refractivity contribution in [3.05, 3.63) is 0 Å². The minimum Gasteiger partial charge on any atom is -0.390 e. The normalized spacial score (nSPS) is 20.3. The Morgan fingerprint density at radius 2 is 2.33 bits per heavy atom. The quantitative estimate of drug-likeness (QED) is 0.679. The fourth-order valence-corrected chi connectivity index (χ4v) is 1.65. The van der Waals surface area contributed by atoms with Gasteiger partial charge in [0.25, 0.3) is 5.24 Å². The number of aliphatic hydroxyl groups excluding tert-OH is 1. The highest BCUT2D eigenvalue weighted by Gasteiger charge is 2.30. The van der Waals surface area contributed by atoms with Gasteiger partial charge in [-0.2, -0.15) is 0 Å². The minimum absolute atomic E-state index is 0.00810. The lowest BCUT2D eigenvalue weighted by molar-refractivity contribution is -0.125. The topological polar surface area (TPSA) is 57.6 Å². The van der Waals surface area contributed by atoms with Crippen LogP contribution in [0.15, 0.2) is 0 Å². The van der Waals surface area contributed by atoms with Gasteiger partial charge >= 0.3 is 0 Å². The Balaban J connectivity index is 2.50. The van der Waals surface area contributed by atoms with Crippen LogP contribution in [0.5, 0.6) is 0 Å². The smallest absolute Gasteiger partial charge is 0.288 e. The summed E-state index contributed by atoms with van der Waals surface area (Å²) in [5.41, 5.74) is 0. The van der Waals surface area contributed by atoms with Crippen LogP contribution in [0.25, 0.3) is 0 Å². The first-order valence-electron chi connectivity index (χ1n) is 3.36. The number of thioether (sulfide) groups is 1. The van der Waals surface area contributed by atoms with E-state index in [4.69, 9.17) is 16.7 Å². The third-order valence-corrected chi connectivity index (χ3v) is 2.63. The highest BCUT2D eigenvalue weighted by Crippen LogP contribution is 2.18. The summed E-state index contributed by atoms with van der Waals surface area (Å²) in [7, 11) is 0.